The van der Waals surface area contributed by atoms with Crippen LogP contribution < -0.4 is 25.1 Å². The number of ether oxygens (including phenoxy) is 4. The van der Waals surface area contributed by atoms with E-state index in [2.05, 4.69) is 10.9 Å². The van der Waals surface area contributed by atoms with Gasteiger partial charge in [0.25, 0.3) is 11.8 Å². The number of para-hydroxylation sites is 2. The zero-order chi connectivity index (χ0) is 25.6. The molecule has 0 atom stereocenters. The zero-order valence-corrected chi connectivity index (χ0v) is 19.9. The lowest BCUT2D eigenvalue weighted by atomic mass is 10.2. The Bertz CT molecular complexity index is 1130. The van der Waals surface area contributed by atoms with Gasteiger partial charge >= 0.3 is 5.97 Å². The number of nitrogens with one attached hydrogen (secondary N) is 2. The molecule has 0 fully saturated rings. The monoisotopic (exact) mass is 492 g/mol. The van der Waals surface area contributed by atoms with Crippen molar-refractivity contribution in [3.8, 4) is 17.2 Å². The second-order valence-electron chi connectivity index (χ2n) is 7.46. The third-order valence-electron chi connectivity index (χ3n) is 4.70. The van der Waals surface area contributed by atoms with Gasteiger partial charge in [0.15, 0.2) is 6.61 Å². The summed E-state index contributed by atoms with van der Waals surface area (Å²) >= 11 is 0. The molecule has 0 spiro atoms. The molecule has 3 aromatic carbocycles. The third-order valence-corrected chi connectivity index (χ3v) is 4.70. The molecule has 0 aliphatic rings. The minimum absolute atomic E-state index is 0.231. The summed E-state index contributed by atoms with van der Waals surface area (Å²) in [6.07, 6.45) is 0.737. The van der Waals surface area contributed by atoms with Crippen molar-refractivity contribution in [2.75, 3.05) is 26.4 Å². The highest BCUT2D eigenvalue weighted by Crippen LogP contribution is 2.18. The van der Waals surface area contributed by atoms with Gasteiger partial charge in [-0.1, -0.05) is 37.3 Å². The van der Waals surface area contributed by atoms with Crippen LogP contribution >= 0.6 is 0 Å². The number of benzene rings is 3. The van der Waals surface area contributed by atoms with Gasteiger partial charge in [0.2, 0.25) is 0 Å². The minimum atomic E-state index is -0.565. The molecule has 0 aromatic heterocycles. The van der Waals surface area contributed by atoms with Crippen LogP contribution in [0.15, 0.2) is 78.9 Å². The third kappa shape index (κ3) is 8.35. The SMILES string of the molecule is CCCOC(=O)c1ccc(OCC(=O)NNC(=O)c2ccccc2OCCOc2ccccc2)cc1. The van der Waals surface area contributed by atoms with Gasteiger partial charge in [-0.25, -0.2) is 4.79 Å². The van der Waals surface area contributed by atoms with Gasteiger partial charge in [-0.05, 0) is 55.0 Å². The molecule has 36 heavy (non-hydrogen) atoms. The quantitative estimate of drug-likeness (QED) is 0.226. The molecule has 3 aromatic rings. The van der Waals surface area contributed by atoms with E-state index in [4.69, 9.17) is 18.9 Å². The molecule has 0 saturated heterocycles. The number of carbonyl (C=O) groups is 3. The summed E-state index contributed by atoms with van der Waals surface area (Å²) in [5.74, 6) is -0.0590. The Labute approximate surface area is 209 Å². The average Bonchev–Trinajstić information content (AvgIpc) is 2.92. The normalized spacial score (nSPS) is 10.1. The lowest BCUT2D eigenvalue weighted by Gasteiger charge is -2.13. The number of amides is 2. The zero-order valence-electron chi connectivity index (χ0n) is 19.9. The molecule has 0 aliphatic carbocycles. The Morgan fingerprint density at radius 2 is 1.36 bits per heavy atom. The molecule has 2 amide bonds. The van der Waals surface area contributed by atoms with E-state index < -0.39 is 17.8 Å². The number of hydrogen-bond acceptors (Lipinski definition) is 7. The van der Waals surface area contributed by atoms with Crippen LogP contribution in [0.5, 0.6) is 17.2 Å². The number of hydrazine groups is 1. The highest BCUT2D eigenvalue weighted by atomic mass is 16.5. The standard InChI is InChI=1S/C27H28N2O7/c1-2-16-35-27(32)20-12-14-22(15-13-20)36-19-25(30)28-29-26(31)23-10-6-7-11-24(23)34-18-17-33-21-8-4-3-5-9-21/h3-15H,2,16-19H2,1H3,(H,28,30)(H,29,31). The molecule has 2 N–H and O–H groups in total. The fourth-order valence-electron chi connectivity index (χ4n) is 2.95. The Morgan fingerprint density at radius 3 is 2.11 bits per heavy atom. The molecule has 9 nitrogen and oxygen atoms in total. The first-order chi connectivity index (χ1) is 17.6. The lowest BCUT2D eigenvalue weighted by Crippen LogP contribution is -2.44. The Hall–Kier alpha value is -4.53. The molecule has 0 aliphatic heterocycles. The highest BCUT2D eigenvalue weighted by molar-refractivity contribution is 5.98. The van der Waals surface area contributed by atoms with E-state index in [0.717, 1.165) is 12.2 Å². The summed E-state index contributed by atoms with van der Waals surface area (Å²) in [5, 5.41) is 0. The van der Waals surface area contributed by atoms with Gasteiger partial charge in [0, 0.05) is 0 Å². The topological polar surface area (TPSA) is 112 Å². The summed E-state index contributed by atoms with van der Waals surface area (Å²) in [7, 11) is 0. The first-order valence-electron chi connectivity index (χ1n) is 11.5. The summed E-state index contributed by atoms with van der Waals surface area (Å²) in [6, 6.07) is 22.2. The van der Waals surface area contributed by atoms with Crippen LogP contribution in [0.4, 0.5) is 0 Å². The van der Waals surface area contributed by atoms with Gasteiger partial charge in [-0.15, -0.1) is 0 Å². The molecule has 9 heteroatoms. The summed E-state index contributed by atoms with van der Waals surface area (Å²) in [5.41, 5.74) is 5.29. The molecular weight excluding hydrogens is 464 g/mol. The fourth-order valence-corrected chi connectivity index (χ4v) is 2.95. The maximum absolute atomic E-state index is 12.6. The first kappa shape index (κ1) is 26.1. The predicted octanol–water partition coefficient (Wildman–Crippen LogP) is 3.55. The van der Waals surface area contributed by atoms with Crippen molar-refractivity contribution >= 4 is 17.8 Å². The summed E-state index contributed by atoms with van der Waals surface area (Å²) < 4.78 is 21.7. The number of carbonyl (C=O) groups excluding carboxylic acids is 3. The van der Waals surface area contributed by atoms with Crippen LogP contribution in [0.25, 0.3) is 0 Å². The Balaban J connectivity index is 1.41. The minimum Gasteiger partial charge on any atom is -0.490 e. The van der Waals surface area contributed by atoms with Crippen molar-refractivity contribution in [2.45, 2.75) is 13.3 Å². The van der Waals surface area contributed by atoms with Gasteiger partial charge in [0.1, 0.15) is 30.5 Å². The molecule has 0 bridgehead atoms. The van der Waals surface area contributed by atoms with Crippen molar-refractivity contribution in [1.29, 1.82) is 0 Å². The summed E-state index contributed by atoms with van der Waals surface area (Å²) in [6.45, 7) is 2.45. The number of hydrogen-bond donors (Lipinski definition) is 2. The Morgan fingerprint density at radius 1 is 0.694 bits per heavy atom. The first-order valence-corrected chi connectivity index (χ1v) is 11.5. The number of rotatable bonds is 12. The van der Waals surface area contributed by atoms with Gasteiger partial charge in [-0.3, -0.25) is 20.4 Å². The summed E-state index contributed by atoms with van der Waals surface area (Å²) in [4.78, 5) is 36.5. The van der Waals surface area contributed by atoms with Crippen LogP contribution in [0.1, 0.15) is 34.1 Å². The molecule has 188 valence electrons. The van der Waals surface area contributed by atoms with E-state index in [0.29, 0.717) is 30.3 Å². The van der Waals surface area contributed by atoms with E-state index in [1.807, 2.05) is 37.3 Å². The average molecular weight is 493 g/mol. The molecule has 0 saturated carbocycles. The predicted molar refractivity (Wildman–Crippen MR) is 132 cm³/mol. The van der Waals surface area contributed by atoms with Gasteiger partial charge < -0.3 is 18.9 Å². The molecule has 0 unspecified atom stereocenters. The maximum atomic E-state index is 12.6. The van der Waals surface area contributed by atoms with Crippen molar-refractivity contribution in [2.24, 2.45) is 0 Å². The molecular formula is C27H28N2O7. The maximum Gasteiger partial charge on any atom is 0.338 e. The van der Waals surface area contributed by atoms with E-state index in [1.54, 1.807) is 48.5 Å². The largest absolute Gasteiger partial charge is 0.490 e. The second-order valence-corrected chi connectivity index (χ2v) is 7.46. The second kappa shape index (κ2) is 14.0. The van der Waals surface area contributed by atoms with Crippen LogP contribution in [-0.4, -0.2) is 44.2 Å². The van der Waals surface area contributed by atoms with E-state index in [-0.39, 0.29) is 18.8 Å². The van der Waals surface area contributed by atoms with Gasteiger partial charge in [-0.2, -0.15) is 0 Å². The van der Waals surface area contributed by atoms with Crippen LogP contribution in [0.3, 0.4) is 0 Å². The number of esters is 1. The smallest absolute Gasteiger partial charge is 0.338 e. The molecule has 3 rings (SSSR count). The van der Waals surface area contributed by atoms with E-state index in [1.165, 1.54) is 0 Å². The van der Waals surface area contributed by atoms with Gasteiger partial charge in [0.05, 0.1) is 17.7 Å². The van der Waals surface area contributed by atoms with E-state index in [9.17, 15) is 14.4 Å². The van der Waals surface area contributed by atoms with Crippen molar-refractivity contribution in [3.63, 3.8) is 0 Å². The van der Waals surface area contributed by atoms with Crippen LogP contribution in [0.2, 0.25) is 0 Å². The van der Waals surface area contributed by atoms with E-state index >= 15 is 0 Å². The van der Waals surface area contributed by atoms with Crippen LogP contribution in [-0.2, 0) is 9.53 Å². The molecule has 0 heterocycles. The fraction of sp³-hybridized carbons (Fsp3) is 0.222. The Kier molecular flexibility index (Phi) is 10.1. The van der Waals surface area contributed by atoms with Crippen molar-refractivity contribution < 1.29 is 33.3 Å². The highest BCUT2D eigenvalue weighted by Gasteiger charge is 2.14. The lowest BCUT2D eigenvalue weighted by molar-refractivity contribution is -0.123. The van der Waals surface area contributed by atoms with Crippen molar-refractivity contribution in [3.05, 3.63) is 90.0 Å². The van der Waals surface area contributed by atoms with Crippen molar-refractivity contribution in [1.82, 2.24) is 10.9 Å². The van der Waals surface area contributed by atoms with Crippen LogP contribution in [0, 0.1) is 0 Å². The molecule has 0 radical (unpaired) electrons.